The number of amides is 2. The highest BCUT2D eigenvalue weighted by atomic mass is 35.5. The summed E-state index contributed by atoms with van der Waals surface area (Å²) < 4.78 is 0. The fourth-order valence-electron chi connectivity index (χ4n) is 1.26. The van der Waals surface area contributed by atoms with Crippen molar-refractivity contribution in [3.05, 3.63) is 29.8 Å². The Labute approximate surface area is 106 Å². The van der Waals surface area contributed by atoms with Gasteiger partial charge in [-0.05, 0) is 24.3 Å². The zero-order chi connectivity index (χ0) is 12.8. The largest absolute Gasteiger partial charge is 0.345 e. The summed E-state index contributed by atoms with van der Waals surface area (Å²) in [5, 5.41) is 2.69. The SMILES string of the molecule is CN(C)C(=O)c1ccc(NC(=O)CCCl)cc1. The zero-order valence-corrected chi connectivity index (χ0v) is 10.6. The minimum Gasteiger partial charge on any atom is -0.345 e. The molecule has 0 aliphatic rings. The van der Waals surface area contributed by atoms with Gasteiger partial charge >= 0.3 is 0 Å². The highest BCUT2D eigenvalue weighted by Crippen LogP contribution is 2.11. The number of alkyl halides is 1. The first-order chi connectivity index (χ1) is 8.04. The van der Waals surface area contributed by atoms with E-state index in [1.807, 2.05) is 0 Å². The Kier molecular flexibility index (Phi) is 4.97. The first-order valence-electron chi connectivity index (χ1n) is 5.22. The van der Waals surface area contributed by atoms with Gasteiger partial charge < -0.3 is 10.2 Å². The van der Waals surface area contributed by atoms with E-state index in [1.165, 1.54) is 4.90 Å². The lowest BCUT2D eigenvalue weighted by Crippen LogP contribution is -2.21. The summed E-state index contributed by atoms with van der Waals surface area (Å²) in [5.41, 5.74) is 1.25. The lowest BCUT2D eigenvalue weighted by Gasteiger charge is -2.10. The van der Waals surface area contributed by atoms with Gasteiger partial charge in [-0.1, -0.05) is 0 Å². The van der Waals surface area contributed by atoms with E-state index < -0.39 is 0 Å². The monoisotopic (exact) mass is 254 g/mol. The summed E-state index contributed by atoms with van der Waals surface area (Å²) in [4.78, 5) is 24.4. The van der Waals surface area contributed by atoms with Gasteiger partial charge in [0, 0.05) is 37.6 Å². The molecule has 0 fully saturated rings. The molecule has 17 heavy (non-hydrogen) atoms. The Morgan fingerprint density at radius 1 is 1.24 bits per heavy atom. The summed E-state index contributed by atoms with van der Waals surface area (Å²) in [6.45, 7) is 0. The molecule has 0 unspecified atom stereocenters. The summed E-state index contributed by atoms with van der Waals surface area (Å²) >= 11 is 5.45. The number of hydrogen-bond donors (Lipinski definition) is 1. The second-order valence-electron chi connectivity index (χ2n) is 3.76. The van der Waals surface area contributed by atoms with Crippen LogP contribution in [0.4, 0.5) is 5.69 Å². The van der Waals surface area contributed by atoms with Crippen LogP contribution >= 0.6 is 11.6 Å². The predicted molar refractivity (Wildman–Crippen MR) is 68.4 cm³/mol. The molecular formula is C12H15ClN2O2. The molecular weight excluding hydrogens is 240 g/mol. The lowest BCUT2D eigenvalue weighted by atomic mass is 10.2. The van der Waals surface area contributed by atoms with E-state index in [2.05, 4.69) is 5.32 Å². The van der Waals surface area contributed by atoms with Crippen LogP contribution in [-0.2, 0) is 4.79 Å². The maximum absolute atomic E-state index is 11.6. The van der Waals surface area contributed by atoms with Crippen LogP contribution in [0.3, 0.4) is 0 Å². The van der Waals surface area contributed by atoms with Crippen molar-refractivity contribution in [3.63, 3.8) is 0 Å². The van der Waals surface area contributed by atoms with Crippen molar-refractivity contribution in [2.75, 3.05) is 25.3 Å². The topological polar surface area (TPSA) is 49.4 Å². The molecule has 0 aromatic heterocycles. The molecule has 0 aliphatic heterocycles. The third-order valence-electron chi connectivity index (χ3n) is 2.14. The number of carbonyl (C=O) groups excluding carboxylic acids is 2. The van der Waals surface area contributed by atoms with Crippen LogP contribution in [0.25, 0.3) is 0 Å². The normalized spacial score (nSPS) is 9.82. The van der Waals surface area contributed by atoms with Gasteiger partial charge in [-0.15, -0.1) is 11.6 Å². The summed E-state index contributed by atoms with van der Waals surface area (Å²) in [6, 6.07) is 6.75. The van der Waals surface area contributed by atoms with Gasteiger partial charge in [-0.3, -0.25) is 9.59 Å². The standard InChI is InChI=1S/C12H15ClN2O2/c1-15(2)12(17)9-3-5-10(6-4-9)14-11(16)7-8-13/h3-6H,7-8H2,1-2H3,(H,14,16). The van der Waals surface area contributed by atoms with Crippen molar-refractivity contribution in [2.45, 2.75) is 6.42 Å². The molecule has 0 bridgehead atoms. The van der Waals surface area contributed by atoms with Crippen molar-refractivity contribution in [2.24, 2.45) is 0 Å². The Morgan fingerprint density at radius 3 is 2.29 bits per heavy atom. The van der Waals surface area contributed by atoms with E-state index in [-0.39, 0.29) is 18.2 Å². The summed E-state index contributed by atoms with van der Waals surface area (Å²) in [7, 11) is 3.39. The molecule has 0 saturated heterocycles. The molecule has 1 rings (SSSR count). The van der Waals surface area contributed by atoms with E-state index >= 15 is 0 Å². The molecule has 1 aromatic rings. The molecule has 0 radical (unpaired) electrons. The van der Waals surface area contributed by atoms with Gasteiger partial charge in [-0.2, -0.15) is 0 Å². The van der Waals surface area contributed by atoms with Crippen LogP contribution in [0.15, 0.2) is 24.3 Å². The highest BCUT2D eigenvalue weighted by Gasteiger charge is 2.07. The first-order valence-corrected chi connectivity index (χ1v) is 5.75. The third kappa shape index (κ3) is 4.07. The van der Waals surface area contributed by atoms with Crippen LogP contribution < -0.4 is 5.32 Å². The number of benzene rings is 1. The number of rotatable bonds is 4. The minimum atomic E-state index is -0.133. The molecule has 1 aromatic carbocycles. The number of halogens is 1. The molecule has 1 N–H and O–H groups in total. The molecule has 0 saturated carbocycles. The summed E-state index contributed by atoms with van der Waals surface area (Å²) in [5.74, 6) is 0.0959. The van der Waals surface area contributed by atoms with Gasteiger partial charge in [0.25, 0.3) is 5.91 Å². The van der Waals surface area contributed by atoms with E-state index in [4.69, 9.17) is 11.6 Å². The van der Waals surface area contributed by atoms with Gasteiger partial charge in [0.05, 0.1) is 0 Å². The van der Waals surface area contributed by atoms with Crippen molar-refractivity contribution >= 4 is 29.1 Å². The average Bonchev–Trinajstić information content (AvgIpc) is 2.29. The van der Waals surface area contributed by atoms with Crippen LogP contribution in [0.2, 0.25) is 0 Å². The average molecular weight is 255 g/mol. The Balaban J connectivity index is 2.68. The fraction of sp³-hybridized carbons (Fsp3) is 0.333. The quantitative estimate of drug-likeness (QED) is 0.835. The van der Waals surface area contributed by atoms with Crippen molar-refractivity contribution in [1.82, 2.24) is 4.90 Å². The van der Waals surface area contributed by atoms with Crippen molar-refractivity contribution < 1.29 is 9.59 Å². The molecule has 0 aliphatic carbocycles. The number of nitrogens with zero attached hydrogens (tertiary/aromatic N) is 1. The van der Waals surface area contributed by atoms with Gasteiger partial charge in [-0.25, -0.2) is 0 Å². The third-order valence-corrected chi connectivity index (χ3v) is 2.33. The van der Waals surface area contributed by atoms with Gasteiger partial charge in [0.15, 0.2) is 0 Å². The van der Waals surface area contributed by atoms with Crippen molar-refractivity contribution in [1.29, 1.82) is 0 Å². The van der Waals surface area contributed by atoms with Gasteiger partial charge in [0.1, 0.15) is 0 Å². The minimum absolute atomic E-state index is 0.0661. The van der Waals surface area contributed by atoms with E-state index in [9.17, 15) is 9.59 Å². The number of carbonyl (C=O) groups is 2. The Bertz CT molecular complexity index is 401. The Hall–Kier alpha value is -1.55. The highest BCUT2D eigenvalue weighted by molar-refractivity contribution is 6.19. The molecule has 0 heterocycles. The van der Waals surface area contributed by atoms with Crippen LogP contribution in [0.1, 0.15) is 16.8 Å². The van der Waals surface area contributed by atoms with Crippen LogP contribution in [0.5, 0.6) is 0 Å². The maximum atomic E-state index is 11.6. The molecule has 92 valence electrons. The van der Waals surface area contributed by atoms with Gasteiger partial charge in [0.2, 0.25) is 5.91 Å². The van der Waals surface area contributed by atoms with E-state index in [0.717, 1.165) is 0 Å². The predicted octanol–water partition coefficient (Wildman–Crippen LogP) is 1.96. The second-order valence-corrected chi connectivity index (χ2v) is 4.14. The Morgan fingerprint density at radius 2 is 1.82 bits per heavy atom. The van der Waals surface area contributed by atoms with E-state index in [1.54, 1.807) is 38.4 Å². The lowest BCUT2D eigenvalue weighted by molar-refractivity contribution is -0.115. The number of hydrogen-bond acceptors (Lipinski definition) is 2. The van der Waals surface area contributed by atoms with Crippen LogP contribution in [-0.4, -0.2) is 36.7 Å². The summed E-state index contributed by atoms with van der Waals surface area (Å²) in [6.07, 6.45) is 0.278. The molecule has 4 nitrogen and oxygen atoms in total. The smallest absolute Gasteiger partial charge is 0.253 e. The van der Waals surface area contributed by atoms with Crippen molar-refractivity contribution in [3.8, 4) is 0 Å². The maximum Gasteiger partial charge on any atom is 0.253 e. The van der Waals surface area contributed by atoms with E-state index in [0.29, 0.717) is 17.1 Å². The zero-order valence-electron chi connectivity index (χ0n) is 9.87. The molecule has 0 spiro atoms. The molecule has 0 atom stereocenters. The second kappa shape index (κ2) is 6.25. The first kappa shape index (κ1) is 13.5. The number of nitrogens with one attached hydrogen (secondary N) is 1. The molecule has 2 amide bonds. The molecule has 5 heteroatoms. The van der Waals surface area contributed by atoms with Crippen LogP contribution in [0, 0.1) is 0 Å². The number of anilines is 1. The fourth-order valence-corrected chi connectivity index (χ4v) is 1.44.